The van der Waals surface area contributed by atoms with Crippen LogP contribution < -0.4 is 0 Å². The van der Waals surface area contributed by atoms with Crippen molar-refractivity contribution in [2.45, 2.75) is 186 Å². The molecular weight excluding hydrogens is 656 g/mol. The van der Waals surface area contributed by atoms with E-state index in [1.165, 1.54) is 59.1 Å². The van der Waals surface area contributed by atoms with Gasteiger partial charge >= 0.3 is 0 Å². The van der Waals surface area contributed by atoms with Gasteiger partial charge in [-0.3, -0.25) is 0 Å². The zero-order chi connectivity index (χ0) is 42.6. The van der Waals surface area contributed by atoms with Crippen LogP contribution in [0.4, 0.5) is 4.39 Å². The highest BCUT2D eigenvalue weighted by Crippen LogP contribution is 2.42. The Bertz CT molecular complexity index is 1230. The molecule has 0 fully saturated rings. The van der Waals surface area contributed by atoms with E-state index in [0.29, 0.717) is 36.0 Å². The molecule has 0 saturated carbocycles. The van der Waals surface area contributed by atoms with E-state index in [1.807, 2.05) is 20.8 Å². The van der Waals surface area contributed by atoms with E-state index in [9.17, 15) is 4.39 Å². The molecule has 4 unspecified atom stereocenters. The lowest BCUT2D eigenvalue weighted by Gasteiger charge is -2.33. The van der Waals surface area contributed by atoms with Gasteiger partial charge in [0.1, 0.15) is 5.83 Å². The molecule has 0 N–H and O–H groups in total. The average molecular weight is 745 g/mol. The van der Waals surface area contributed by atoms with Crippen LogP contribution in [0.1, 0.15) is 203 Å². The van der Waals surface area contributed by atoms with Crippen LogP contribution in [0.2, 0.25) is 0 Å². The van der Waals surface area contributed by atoms with Crippen LogP contribution in [0.25, 0.3) is 5.57 Å². The molecule has 0 heterocycles. The van der Waals surface area contributed by atoms with E-state index in [0.717, 1.165) is 50.5 Å². The van der Waals surface area contributed by atoms with E-state index < -0.39 is 0 Å². The quantitative estimate of drug-likeness (QED) is 0.0630. The van der Waals surface area contributed by atoms with Gasteiger partial charge < -0.3 is 0 Å². The summed E-state index contributed by atoms with van der Waals surface area (Å²) in [7, 11) is 0. The van der Waals surface area contributed by atoms with Crippen LogP contribution >= 0.6 is 0 Å². The third-order valence-electron chi connectivity index (χ3n) is 10.0. The normalized spacial score (nSPS) is 14.1. The molecule has 0 bridgehead atoms. The number of rotatable bonds is 22. The average Bonchev–Trinajstić information content (AvgIpc) is 3.20. The van der Waals surface area contributed by atoms with Crippen LogP contribution in [-0.2, 0) is 0 Å². The van der Waals surface area contributed by atoms with Crippen LogP contribution in [0.3, 0.4) is 0 Å². The summed E-state index contributed by atoms with van der Waals surface area (Å²) < 4.78 is 14.7. The maximum atomic E-state index is 14.7. The van der Waals surface area contributed by atoms with Gasteiger partial charge in [-0.05, 0) is 128 Å². The number of hydrogen-bond acceptors (Lipinski definition) is 0. The molecule has 0 saturated heterocycles. The summed E-state index contributed by atoms with van der Waals surface area (Å²) >= 11 is 0. The van der Waals surface area contributed by atoms with Crippen LogP contribution in [-0.4, -0.2) is 0 Å². The fourth-order valence-corrected chi connectivity index (χ4v) is 6.30. The maximum Gasteiger partial charge on any atom is 0.100 e. The summed E-state index contributed by atoms with van der Waals surface area (Å²) in [5, 5.41) is 0. The fourth-order valence-electron chi connectivity index (χ4n) is 6.30. The zero-order valence-electron chi connectivity index (χ0n) is 38.4. The third-order valence-corrected chi connectivity index (χ3v) is 10.0. The fraction of sp³-hybridized carbons (Fsp3) is 0.585. The van der Waals surface area contributed by atoms with Crippen molar-refractivity contribution in [1.29, 1.82) is 0 Å². The number of hydrogen-bond donors (Lipinski definition) is 0. The Morgan fingerprint density at radius 1 is 0.778 bits per heavy atom. The molecular formula is C53H89F. The van der Waals surface area contributed by atoms with Crippen molar-refractivity contribution in [2.75, 3.05) is 0 Å². The monoisotopic (exact) mass is 745 g/mol. The minimum Gasteiger partial charge on any atom is -0.212 e. The highest BCUT2D eigenvalue weighted by molar-refractivity contribution is 5.71. The van der Waals surface area contributed by atoms with Crippen molar-refractivity contribution in [2.24, 2.45) is 17.8 Å². The first-order chi connectivity index (χ1) is 25.9. The maximum absolute atomic E-state index is 14.7. The van der Waals surface area contributed by atoms with Gasteiger partial charge in [0.25, 0.3) is 0 Å². The molecule has 0 aliphatic heterocycles. The predicted octanol–water partition coefficient (Wildman–Crippen LogP) is 18.5. The predicted molar refractivity (Wildman–Crippen MR) is 251 cm³/mol. The number of unbranched alkanes of at least 4 members (excludes halogenated alkanes) is 2. The first-order valence-electron chi connectivity index (χ1n) is 21.6. The molecule has 1 aromatic carbocycles. The number of allylic oxidation sites excluding steroid dienone is 10. The lowest BCUT2D eigenvalue weighted by atomic mass is 9.72. The Balaban J connectivity index is -0.00000113. The third kappa shape index (κ3) is 23.6. The smallest absolute Gasteiger partial charge is 0.100 e. The highest BCUT2D eigenvalue weighted by atomic mass is 19.1. The van der Waals surface area contributed by atoms with Gasteiger partial charge in [0.15, 0.2) is 0 Å². The molecule has 0 amide bonds. The number of benzene rings is 1. The summed E-state index contributed by atoms with van der Waals surface area (Å²) in [6.07, 6.45) is 31.3. The van der Waals surface area contributed by atoms with E-state index in [1.54, 1.807) is 6.08 Å². The van der Waals surface area contributed by atoms with E-state index >= 15 is 0 Å². The highest BCUT2D eigenvalue weighted by Gasteiger charge is 2.28. The zero-order valence-corrected chi connectivity index (χ0v) is 38.4. The van der Waals surface area contributed by atoms with E-state index in [4.69, 9.17) is 0 Å². The summed E-state index contributed by atoms with van der Waals surface area (Å²) in [5.74, 6) is 2.50. The molecule has 0 aromatic heterocycles. The summed E-state index contributed by atoms with van der Waals surface area (Å²) in [5.41, 5.74) is 9.06. The van der Waals surface area contributed by atoms with Crippen molar-refractivity contribution in [1.82, 2.24) is 0 Å². The van der Waals surface area contributed by atoms with E-state index in [-0.39, 0.29) is 5.83 Å². The van der Waals surface area contributed by atoms with Gasteiger partial charge in [-0.2, -0.15) is 0 Å². The number of halogens is 1. The molecule has 4 atom stereocenters. The van der Waals surface area contributed by atoms with Gasteiger partial charge in [0.2, 0.25) is 0 Å². The SMILES string of the molecule is C#C.C=C.C=CCCC(CCC)c1ccc(/C(C)=C/C(=C(\C)CCC)C(/C=C(/F)CC)=C/CCC)cc1C(CC(C)C=C)C(C)C(C)C.CC.CCCC. The van der Waals surface area contributed by atoms with Gasteiger partial charge in [-0.1, -0.05) is 163 Å². The van der Waals surface area contributed by atoms with Crippen LogP contribution in [0.5, 0.6) is 0 Å². The van der Waals surface area contributed by atoms with Crippen molar-refractivity contribution in [3.8, 4) is 12.8 Å². The Hall–Kier alpha value is -3.11. The molecule has 54 heavy (non-hydrogen) atoms. The van der Waals surface area contributed by atoms with Crippen LogP contribution in [0, 0.1) is 30.6 Å². The Labute approximate surface area is 339 Å². The van der Waals surface area contributed by atoms with Crippen molar-refractivity contribution < 1.29 is 4.39 Å². The minimum atomic E-state index is -0.0600. The molecule has 0 nitrogen and oxygen atoms in total. The van der Waals surface area contributed by atoms with Crippen molar-refractivity contribution >= 4 is 5.57 Å². The Morgan fingerprint density at radius 2 is 1.37 bits per heavy atom. The molecule has 0 aliphatic rings. The molecule has 308 valence electrons. The Kier molecular flexibility index (Phi) is 40.7. The standard InChI is InChI=1S/C43H67F.C4H10.C2H6.C2H4.C2H2/c1-13-19-23-36(22-16-4)40-26-25-37(30-43(40)42(27-32(9)17-5)35(12)31(7)8)34(11)28-41(33(10)21-15-3)38(24-20-14-2)29-39(44)18-6;1-3-4-2;3*1-2/h13,17,24-26,28-32,35-36,42H,1,5,14-16,18-23,27H2,2-4,6-12H3;3-4H2,1-2H3;1-2H3;1-2H2;1-2H/b34-28+,38-24+,39-29+,41-33-;;;;. The summed E-state index contributed by atoms with van der Waals surface area (Å²) in [6, 6.07) is 7.30. The second kappa shape index (κ2) is 38.2. The summed E-state index contributed by atoms with van der Waals surface area (Å²) in [4.78, 5) is 0. The lowest BCUT2D eigenvalue weighted by Crippen LogP contribution is -2.20. The second-order valence-electron chi connectivity index (χ2n) is 14.5. The topological polar surface area (TPSA) is 0 Å². The number of terminal acetylenes is 1. The molecule has 0 spiro atoms. The minimum absolute atomic E-state index is 0.0600. The largest absolute Gasteiger partial charge is 0.212 e. The molecule has 1 aromatic rings. The van der Waals surface area contributed by atoms with E-state index in [2.05, 4.69) is 158 Å². The first kappa shape index (κ1) is 57.6. The van der Waals surface area contributed by atoms with Gasteiger partial charge in [-0.15, -0.1) is 39.2 Å². The van der Waals surface area contributed by atoms with Gasteiger partial charge in [0, 0.05) is 0 Å². The van der Waals surface area contributed by atoms with Crippen molar-refractivity contribution in [3.63, 3.8) is 0 Å². The van der Waals surface area contributed by atoms with Gasteiger partial charge in [0.05, 0.1) is 0 Å². The summed E-state index contributed by atoms with van der Waals surface area (Å²) in [6.45, 7) is 45.1. The Morgan fingerprint density at radius 3 is 1.81 bits per heavy atom. The molecule has 1 rings (SSSR count). The second-order valence-corrected chi connectivity index (χ2v) is 14.5. The molecule has 0 radical (unpaired) electrons. The molecule has 0 aliphatic carbocycles. The molecule has 1 heteroatoms. The first-order valence-corrected chi connectivity index (χ1v) is 21.6. The van der Waals surface area contributed by atoms with Crippen LogP contribution in [0.15, 0.2) is 97.4 Å². The lowest BCUT2D eigenvalue weighted by molar-refractivity contribution is 0.313. The van der Waals surface area contributed by atoms with Crippen molar-refractivity contribution in [3.05, 3.63) is 114 Å². The van der Waals surface area contributed by atoms with Gasteiger partial charge in [-0.25, -0.2) is 4.39 Å².